The van der Waals surface area contributed by atoms with Crippen LogP contribution < -0.4 is 0 Å². The van der Waals surface area contributed by atoms with Crippen LogP contribution in [0.25, 0.3) is 0 Å². The zero-order valence-electron chi connectivity index (χ0n) is 14.1. The smallest absolute Gasteiger partial charge is 0.226 e. The van der Waals surface area contributed by atoms with E-state index >= 15 is 0 Å². The van der Waals surface area contributed by atoms with E-state index in [-0.39, 0.29) is 11.8 Å². The van der Waals surface area contributed by atoms with Crippen molar-refractivity contribution in [3.8, 4) is 0 Å². The second-order valence-electron chi connectivity index (χ2n) is 6.44. The molecule has 1 saturated carbocycles. The number of aromatic nitrogens is 2. The van der Waals surface area contributed by atoms with E-state index in [1.54, 1.807) is 6.20 Å². The molecule has 0 bridgehead atoms. The fourth-order valence-electron chi connectivity index (χ4n) is 3.41. The second-order valence-corrected chi connectivity index (χ2v) is 6.87. The molecule has 0 saturated heterocycles. The molecule has 1 heterocycles. The second kappa shape index (κ2) is 7.84. The van der Waals surface area contributed by atoms with Gasteiger partial charge in [-0.3, -0.25) is 4.79 Å². The normalized spacial score (nSPS) is 14.9. The Morgan fingerprint density at radius 2 is 2.17 bits per heavy atom. The van der Waals surface area contributed by atoms with E-state index in [0.29, 0.717) is 13.1 Å². The number of carbonyl (C=O) groups is 1. The Morgan fingerprint density at radius 3 is 2.88 bits per heavy atom. The number of carbonyl (C=O) groups excluding carboxylic acids is 1. The summed E-state index contributed by atoms with van der Waals surface area (Å²) >= 11 is 6.07. The van der Waals surface area contributed by atoms with E-state index in [4.69, 9.17) is 11.6 Å². The lowest BCUT2D eigenvalue weighted by Gasteiger charge is -2.24. The fourth-order valence-corrected chi connectivity index (χ4v) is 3.63. The summed E-state index contributed by atoms with van der Waals surface area (Å²) in [7, 11) is 0. The number of hydrogen-bond donors (Lipinski definition) is 0. The molecule has 0 aliphatic heterocycles. The van der Waals surface area contributed by atoms with Crippen molar-refractivity contribution in [1.29, 1.82) is 0 Å². The summed E-state index contributed by atoms with van der Waals surface area (Å²) in [6.45, 7) is 4.04. The van der Waals surface area contributed by atoms with Gasteiger partial charge in [0.05, 0.1) is 6.54 Å². The lowest BCUT2D eigenvalue weighted by Crippen LogP contribution is -2.35. The molecule has 4 nitrogen and oxygen atoms in total. The molecule has 5 heteroatoms. The molecule has 1 aromatic carbocycles. The molecule has 3 rings (SSSR count). The number of nitrogens with zero attached hydrogens (tertiary/aromatic N) is 3. The van der Waals surface area contributed by atoms with E-state index in [1.165, 1.54) is 12.8 Å². The van der Waals surface area contributed by atoms with Gasteiger partial charge in [0.1, 0.15) is 5.82 Å². The Hall–Kier alpha value is -1.81. The van der Waals surface area contributed by atoms with Crippen LogP contribution in [0.2, 0.25) is 5.02 Å². The van der Waals surface area contributed by atoms with Crippen molar-refractivity contribution in [2.75, 3.05) is 6.54 Å². The Balaban J connectivity index is 1.70. The van der Waals surface area contributed by atoms with Crippen LogP contribution >= 0.6 is 11.6 Å². The van der Waals surface area contributed by atoms with Gasteiger partial charge in [0.15, 0.2) is 0 Å². The van der Waals surface area contributed by atoms with Crippen molar-refractivity contribution >= 4 is 17.5 Å². The van der Waals surface area contributed by atoms with Gasteiger partial charge in [-0.2, -0.15) is 0 Å². The molecule has 1 aromatic heterocycles. The van der Waals surface area contributed by atoms with Crippen molar-refractivity contribution in [2.45, 2.75) is 45.7 Å². The lowest BCUT2D eigenvalue weighted by atomic mass is 10.1. The van der Waals surface area contributed by atoms with E-state index < -0.39 is 0 Å². The molecule has 128 valence electrons. The first kappa shape index (κ1) is 17.0. The summed E-state index contributed by atoms with van der Waals surface area (Å²) in [6.07, 6.45) is 8.19. The van der Waals surface area contributed by atoms with Crippen LogP contribution in [-0.4, -0.2) is 26.9 Å². The van der Waals surface area contributed by atoms with Gasteiger partial charge in [0.2, 0.25) is 5.91 Å². The van der Waals surface area contributed by atoms with Gasteiger partial charge >= 0.3 is 0 Å². The van der Waals surface area contributed by atoms with Crippen LogP contribution in [0.1, 0.15) is 44.0 Å². The average molecular weight is 346 g/mol. The summed E-state index contributed by atoms with van der Waals surface area (Å²) in [5.74, 6) is 1.41. The summed E-state index contributed by atoms with van der Waals surface area (Å²) in [4.78, 5) is 19.1. The van der Waals surface area contributed by atoms with Crippen molar-refractivity contribution in [1.82, 2.24) is 14.5 Å². The third-order valence-electron chi connectivity index (χ3n) is 4.77. The highest BCUT2D eigenvalue weighted by atomic mass is 35.5. The molecule has 0 spiro atoms. The van der Waals surface area contributed by atoms with E-state index in [2.05, 4.69) is 15.6 Å². The van der Waals surface area contributed by atoms with Crippen molar-refractivity contribution < 1.29 is 4.79 Å². The molecule has 1 aliphatic carbocycles. The molecular formula is C19H24ClN3O. The van der Waals surface area contributed by atoms with Gasteiger partial charge < -0.3 is 9.47 Å². The van der Waals surface area contributed by atoms with Crippen LogP contribution in [0, 0.1) is 5.92 Å². The number of amides is 1. The van der Waals surface area contributed by atoms with Crippen molar-refractivity contribution in [2.24, 2.45) is 5.92 Å². The van der Waals surface area contributed by atoms with Gasteiger partial charge in [-0.25, -0.2) is 4.98 Å². The fraction of sp³-hybridized carbons (Fsp3) is 0.474. The topological polar surface area (TPSA) is 38.1 Å². The van der Waals surface area contributed by atoms with Crippen molar-refractivity contribution in [3.05, 3.63) is 53.1 Å². The summed E-state index contributed by atoms with van der Waals surface area (Å²) in [5, 5.41) is 0.737. The minimum absolute atomic E-state index is 0.210. The quantitative estimate of drug-likeness (QED) is 0.789. The third-order valence-corrected chi connectivity index (χ3v) is 5.01. The highest BCUT2D eigenvalue weighted by Crippen LogP contribution is 2.27. The molecule has 1 aliphatic rings. The third kappa shape index (κ3) is 3.99. The highest BCUT2D eigenvalue weighted by molar-refractivity contribution is 6.30. The molecule has 0 N–H and O–H groups in total. The van der Waals surface area contributed by atoms with E-state index in [1.807, 2.05) is 36.2 Å². The standard InChI is InChI=1S/C19H24ClN3O/c1-2-22(19(24)16-7-3-4-8-16)14-18-21-10-11-23(18)13-15-6-5-9-17(20)12-15/h5-6,9-12,16H,2-4,7-8,13-14H2,1H3. The molecule has 0 atom stereocenters. The van der Waals surface area contributed by atoms with Gasteiger partial charge in [-0.1, -0.05) is 36.6 Å². The molecule has 2 aromatic rings. The summed E-state index contributed by atoms with van der Waals surface area (Å²) in [6, 6.07) is 7.85. The van der Waals surface area contributed by atoms with Gasteiger partial charge in [0, 0.05) is 36.4 Å². The summed E-state index contributed by atoms with van der Waals surface area (Å²) < 4.78 is 2.09. The number of hydrogen-bond acceptors (Lipinski definition) is 2. The average Bonchev–Trinajstić information content (AvgIpc) is 3.24. The molecule has 1 fully saturated rings. The maximum absolute atomic E-state index is 12.7. The molecule has 24 heavy (non-hydrogen) atoms. The molecule has 1 amide bonds. The first-order chi connectivity index (χ1) is 11.7. The Labute approximate surface area is 148 Å². The minimum atomic E-state index is 0.210. The van der Waals surface area contributed by atoms with Crippen LogP contribution in [0.4, 0.5) is 0 Å². The number of halogens is 1. The number of rotatable bonds is 6. The largest absolute Gasteiger partial charge is 0.335 e. The first-order valence-corrected chi connectivity index (χ1v) is 9.08. The predicted molar refractivity (Wildman–Crippen MR) is 95.8 cm³/mol. The van der Waals surface area contributed by atoms with E-state index in [9.17, 15) is 4.79 Å². The highest BCUT2D eigenvalue weighted by Gasteiger charge is 2.27. The summed E-state index contributed by atoms with van der Waals surface area (Å²) in [5.41, 5.74) is 1.13. The first-order valence-electron chi connectivity index (χ1n) is 8.70. The zero-order valence-corrected chi connectivity index (χ0v) is 14.9. The van der Waals surface area contributed by atoms with Crippen molar-refractivity contribution in [3.63, 3.8) is 0 Å². The maximum atomic E-state index is 12.7. The number of benzene rings is 1. The monoisotopic (exact) mass is 345 g/mol. The number of imidazole rings is 1. The Bertz CT molecular complexity index is 691. The SMILES string of the molecule is CCN(Cc1nccn1Cc1cccc(Cl)c1)C(=O)C1CCCC1. The van der Waals surface area contributed by atoms with Crippen LogP contribution in [0.5, 0.6) is 0 Å². The maximum Gasteiger partial charge on any atom is 0.226 e. The Morgan fingerprint density at radius 1 is 1.38 bits per heavy atom. The van der Waals surface area contributed by atoms with Crippen LogP contribution in [0.3, 0.4) is 0 Å². The minimum Gasteiger partial charge on any atom is -0.335 e. The van der Waals surface area contributed by atoms with Gasteiger partial charge in [-0.05, 0) is 37.5 Å². The predicted octanol–water partition coefficient (Wildman–Crippen LogP) is 4.12. The zero-order chi connectivity index (χ0) is 16.9. The van der Waals surface area contributed by atoms with E-state index in [0.717, 1.165) is 35.8 Å². The van der Waals surface area contributed by atoms with Crippen LogP contribution in [-0.2, 0) is 17.9 Å². The molecule has 0 unspecified atom stereocenters. The van der Waals surface area contributed by atoms with Crippen LogP contribution in [0.15, 0.2) is 36.7 Å². The molecular weight excluding hydrogens is 322 g/mol. The van der Waals surface area contributed by atoms with Gasteiger partial charge in [-0.15, -0.1) is 0 Å². The molecule has 0 radical (unpaired) electrons. The van der Waals surface area contributed by atoms with Gasteiger partial charge in [0.25, 0.3) is 0 Å². The lowest BCUT2D eigenvalue weighted by molar-refractivity contribution is -0.135. The Kier molecular flexibility index (Phi) is 5.56.